The van der Waals surface area contributed by atoms with E-state index in [9.17, 15) is 42.0 Å². The predicted octanol–water partition coefficient (Wildman–Crippen LogP) is 22.5. The maximum absolute atomic E-state index is 10.1. The van der Waals surface area contributed by atoms with E-state index in [-0.39, 0.29) is 28.3 Å². The Balaban J connectivity index is -0.0000000386. The summed E-state index contributed by atoms with van der Waals surface area (Å²) in [6, 6.07) is 1.25. The van der Waals surface area contributed by atoms with Gasteiger partial charge in [0.2, 0.25) is 0 Å². The number of H-pyrrole nitrogens is 3. The number of allylic oxidation sites excluding steroid dienone is 5. The van der Waals surface area contributed by atoms with E-state index >= 15 is 0 Å². The largest absolute Gasteiger partial charge is 0.458 e. The summed E-state index contributed by atoms with van der Waals surface area (Å²) in [4.78, 5) is 96.6. The second-order valence-corrected chi connectivity index (χ2v) is 12.4. The molecule has 4 N–H and O–H groups in total. The predicted molar refractivity (Wildman–Crippen MR) is 460 cm³/mol. The highest BCUT2D eigenvalue weighted by molar-refractivity contribution is 7.93. The Morgan fingerprint density at radius 3 is 1.05 bits per heavy atom. The van der Waals surface area contributed by atoms with Crippen molar-refractivity contribution >= 4 is 82.6 Å². The number of oxazole rings is 1. The molecule has 0 saturated carbocycles. The Hall–Kier alpha value is -8.29. The topological polar surface area (TPSA) is 332 Å². The van der Waals surface area contributed by atoms with Crippen LogP contribution in [0.15, 0.2) is 175 Å². The fraction of sp³-hybridized carbons (Fsp3) is 0.558. The summed E-state index contributed by atoms with van der Waals surface area (Å²) in [5.74, 6) is -1.06. The highest BCUT2D eigenvalue weighted by Crippen LogP contribution is 1.97. The summed E-state index contributed by atoms with van der Waals surface area (Å²) in [6.07, 6.45) is 34.3. The van der Waals surface area contributed by atoms with Crippen molar-refractivity contribution < 1.29 is 41.5 Å². The number of urea groups is 1. The van der Waals surface area contributed by atoms with Crippen molar-refractivity contribution in [3.05, 3.63) is 158 Å². The number of aromatic amines is 3. The third kappa shape index (κ3) is 186. The van der Waals surface area contributed by atoms with Crippen LogP contribution in [0.1, 0.15) is 277 Å². The minimum absolute atomic E-state index is 0.00926. The fourth-order valence-corrected chi connectivity index (χ4v) is 3.87. The van der Waals surface area contributed by atoms with E-state index in [1.165, 1.54) is 91.8 Å². The van der Waals surface area contributed by atoms with Gasteiger partial charge in [0.1, 0.15) is 19.2 Å². The average Bonchev–Trinajstić information content (AvgIpc) is 1.88. The van der Waals surface area contributed by atoms with Gasteiger partial charge >= 0.3 is 28.3 Å². The summed E-state index contributed by atoms with van der Waals surface area (Å²) < 4.78 is 36.9. The lowest BCUT2D eigenvalue weighted by Crippen LogP contribution is -2.05. The number of carbonyl (C=O) groups is 4. The van der Waals surface area contributed by atoms with Gasteiger partial charge in [-0.15, -0.1) is 0 Å². The Morgan fingerprint density at radius 1 is 0.461 bits per heavy atom. The number of rotatable bonds is 0. The average molecular weight is 1490 g/mol. The van der Waals surface area contributed by atoms with Crippen molar-refractivity contribution in [3.63, 3.8) is 0 Å². The van der Waals surface area contributed by atoms with Crippen molar-refractivity contribution in [3.8, 4) is 0 Å². The van der Waals surface area contributed by atoms with Gasteiger partial charge < -0.3 is 29.2 Å². The number of amides is 4. The molecule has 0 saturated heterocycles. The van der Waals surface area contributed by atoms with Gasteiger partial charge in [-0.05, 0) is 36.4 Å². The van der Waals surface area contributed by atoms with Crippen LogP contribution in [-0.2, 0) is 33.9 Å². The lowest BCUT2D eigenvalue weighted by Gasteiger charge is -1.99. The van der Waals surface area contributed by atoms with Crippen LogP contribution in [0.5, 0.6) is 0 Å². The van der Waals surface area contributed by atoms with E-state index < -0.39 is 21.8 Å². The molecule has 0 aromatic carbocycles. The summed E-state index contributed by atoms with van der Waals surface area (Å²) in [6.45, 7) is 85.8. The maximum atomic E-state index is 10.1. The molecule has 10 heterocycles. The summed E-state index contributed by atoms with van der Waals surface area (Å²) in [5.41, 5.74) is 0.644. The minimum Gasteiger partial charge on any atom is -0.458 e. The smallest absolute Gasteiger partial charge is 0.416 e. The van der Waals surface area contributed by atoms with Gasteiger partial charge in [0.15, 0.2) is 0 Å². The number of hydrogen-bond acceptors (Lipinski definition) is 16. The third-order valence-electron chi connectivity index (χ3n) is 5.36. The minimum atomic E-state index is -3.16. The Morgan fingerprint density at radius 2 is 0.931 bits per heavy atom. The first kappa shape index (κ1) is 148. The summed E-state index contributed by atoms with van der Waals surface area (Å²) >= 11 is 1.17. The molecule has 3 aromatic rings. The first-order valence-electron chi connectivity index (χ1n) is 36.9. The molecule has 0 aliphatic carbocycles. The molecule has 23 nitrogen and oxygen atoms in total. The molecule has 3 aromatic heterocycles. The third-order valence-corrected chi connectivity index (χ3v) is 6.88. The summed E-state index contributed by atoms with van der Waals surface area (Å²) in [7, 11) is -3.16. The monoisotopic (exact) mass is 1490 g/mol. The quantitative estimate of drug-likeness (QED) is 0.120. The Bertz CT molecular complexity index is 2320. The molecule has 102 heavy (non-hydrogen) atoms. The molecular formula is C77H157N11O12S2. The number of cyclic esters (lactones) is 1. The number of thiazole rings is 1. The lowest BCUT2D eigenvalue weighted by atomic mass is 10.3. The normalized spacial score (nSPS) is 10.6. The fourth-order valence-electron chi connectivity index (χ4n) is 2.89. The van der Waals surface area contributed by atoms with Gasteiger partial charge in [-0.25, -0.2) is 34.1 Å². The zero-order valence-electron chi connectivity index (χ0n) is 72.1. The van der Waals surface area contributed by atoms with Crippen LogP contribution >= 0.6 is 11.3 Å². The zero-order chi connectivity index (χ0) is 85.5. The number of nitrogens with zero attached hydrogens (tertiary/aromatic N) is 7. The Labute approximate surface area is 630 Å². The number of carbonyl (C=O) groups excluding carboxylic acids is 4. The number of dihydropyridines is 1. The van der Waals surface area contributed by atoms with Crippen LogP contribution in [0.2, 0.25) is 0 Å². The number of aliphatic imine (C=N–C) groups is 5. The second kappa shape index (κ2) is 186. The number of nitrogens with one attached hydrogen (secondary N) is 4. The van der Waals surface area contributed by atoms with E-state index in [2.05, 4.69) is 70.3 Å². The van der Waals surface area contributed by atoms with Gasteiger partial charge in [0.25, 0.3) is 21.8 Å². The first-order valence-corrected chi connectivity index (χ1v) is 39.3. The molecule has 0 spiro atoms. The molecule has 4 amide bonds. The van der Waals surface area contributed by atoms with E-state index in [0.717, 1.165) is 24.3 Å². The highest BCUT2D eigenvalue weighted by atomic mass is 32.2. The SMILES string of the molecule is C1=CCOC1.C=C1C=CC=CN1.CC.CC.CC.CC.CC.CC.CC.CC.CC.CC.CC.CC.CC.CC.CC.CC.CC.CC.CC.CC.O=C1C=CC=N1.O=C1C=CCO1.O=C1C=NC=N1.O=C1N=CC=N1.O=S1(=O)C=CC=N1.O=c1[nH]cco1.O=c1[nH]ccs1.O=c1nccc[nH]1. The van der Waals surface area contributed by atoms with Crippen LogP contribution in [0.25, 0.3) is 0 Å². The van der Waals surface area contributed by atoms with E-state index in [4.69, 9.17) is 4.74 Å². The molecule has 10 rings (SSSR count). The number of hydrogen-bond donors (Lipinski definition) is 4. The molecule has 7 aliphatic heterocycles. The van der Waals surface area contributed by atoms with Crippen LogP contribution in [0.3, 0.4) is 0 Å². The zero-order valence-corrected chi connectivity index (χ0v) is 73.7. The van der Waals surface area contributed by atoms with E-state index in [0.29, 0.717) is 6.61 Å². The van der Waals surface area contributed by atoms with Crippen molar-refractivity contribution in [2.24, 2.45) is 29.4 Å². The number of aromatic nitrogens is 4. The maximum Gasteiger partial charge on any atom is 0.416 e. The highest BCUT2D eigenvalue weighted by Gasteiger charge is 2.02. The molecule has 25 heteroatoms. The lowest BCUT2D eigenvalue weighted by molar-refractivity contribution is -0.134. The van der Waals surface area contributed by atoms with Crippen molar-refractivity contribution in [1.82, 2.24) is 25.3 Å². The van der Waals surface area contributed by atoms with Gasteiger partial charge in [-0.3, -0.25) is 19.4 Å². The van der Waals surface area contributed by atoms with Gasteiger partial charge in [0, 0.05) is 66.6 Å². The summed E-state index contributed by atoms with van der Waals surface area (Å²) in [5, 5.41) is 5.68. The van der Waals surface area contributed by atoms with Crippen LogP contribution in [0.4, 0.5) is 4.79 Å². The van der Waals surface area contributed by atoms with E-state index in [1.807, 2.05) is 314 Å². The molecule has 0 fully saturated rings. The molecule has 0 radical (unpaired) electrons. The number of esters is 1. The van der Waals surface area contributed by atoms with Crippen LogP contribution < -0.4 is 21.6 Å². The molecule has 604 valence electrons. The standard InChI is InChI=1S/C6H7N.C4H4N2O.C4H3NO.C4H4O2.C4H6O.2C3H2N2O.C3H3NO2S.C3H3NO2.C3H3NOS.20C2H6/c1-6-4-2-3-5-7-6;7-4-5-2-1-3-6-4;6-4-2-1-3-5-4;5-4-2-1-3-6-4;1-2-4-5-3-1;6-3-1-4-2-5-3;6-3-4-1-2-5-3;5-7(6)3-1-2-4-7;2*5-3-4-1-2-6-3;20*1-2/h2-5,7H,1H2;1-3H,(H,5,6,7);1-3H;1-2H,3H2;1-2H,3-4H2;2*1-2H;1-3H;2*1-2H,(H,4,5);20*1-2H3. The van der Waals surface area contributed by atoms with Crippen molar-refractivity contribution in [1.29, 1.82) is 0 Å². The van der Waals surface area contributed by atoms with Crippen molar-refractivity contribution in [2.45, 2.75) is 277 Å². The molecule has 7 aliphatic rings. The van der Waals surface area contributed by atoms with Crippen LogP contribution in [0, 0.1) is 0 Å². The second-order valence-electron chi connectivity index (χ2n) is 9.99. The molecule has 0 bridgehead atoms. The van der Waals surface area contributed by atoms with E-state index in [1.54, 1.807) is 29.8 Å². The van der Waals surface area contributed by atoms with Gasteiger partial charge in [0.05, 0.1) is 37.3 Å². The number of sulfonamides is 1. The van der Waals surface area contributed by atoms with Crippen molar-refractivity contribution in [2.75, 3.05) is 19.8 Å². The van der Waals surface area contributed by atoms with Gasteiger partial charge in [-0.1, -0.05) is 313 Å². The molecule has 0 unspecified atom stereocenters. The molecule has 0 atom stereocenters. The van der Waals surface area contributed by atoms with Crippen LogP contribution in [-0.4, -0.2) is 109 Å². The van der Waals surface area contributed by atoms with Gasteiger partial charge in [-0.2, -0.15) is 27.8 Å². The molecular weight excluding hydrogens is 1340 g/mol. The Kier molecular flexibility index (Phi) is 271. The number of ether oxygens (including phenoxy) is 2. The first-order chi connectivity index (χ1) is 49.9.